The summed E-state index contributed by atoms with van der Waals surface area (Å²) in [6, 6.07) is 17.0. The first kappa shape index (κ1) is 19.8. The molecule has 144 valence electrons. The van der Waals surface area contributed by atoms with E-state index in [2.05, 4.69) is 16.6 Å². The highest BCUT2D eigenvalue weighted by Gasteiger charge is 2.53. The Bertz CT molecular complexity index is 1030. The number of fused-ring (bicyclic) bond motifs is 1. The molecule has 3 nitrogen and oxygen atoms in total. The SMILES string of the molecule is C=C(CC(O)(C=Nc1cccc2nc(C)ccc12)C(F)(F)F)c1ccccc1. The zero-order valence-electron chi connectivity index (χ0n) is 15.2. The fourth-order valence-corrected chi connectivity index (χ4v) is 2.85. The van der Waals surface area contributed by atoms with Crippen LogP contribution in [0.4, 0.5) is 18.9 Å². The average molecular weight is 384 g/mol. The monoisotopic (exact) mass is 384 g/mol. The molecule has 0 saturated heterocycles. The Morgan fingerprint density at radius 3 is 2.46 bits per heavy atom. The summed E-state index contributed by atoms with van der Waals surface area (Å²) in [4.78, 5) is 8.32. The Labute approximate surface area is 160 Å². The molecule has 0 radical (unpaired) electrons. The quantitative estimate of drug-likeness (QED) is 0.579. The first-order valence-electron chi connectivity index (χ1n) is 8.63. The summed E-state index contributed by atoms with van der Waals surface area (Å²) in [6.45, 7) is 5.53. The van der Waals surface area contributed by atoms with Gasteiger partial charge in [-0.3, -0.25) is 9.98 Å². The minimum atomic E-state index is -4.91. The van der Waals surface area contributed by atoms with Gasteiger partial charge >= 0.3 is 6.18 Å². The van der Waals surface area contributed by atoms with Crippen molar-refractivity contribution in [2.75, 3.05) is 0 Å². The van der Waals surface area contributed by atoms with Crippen molar-refractivity contribution in [3.05, 3.63) is 78.5 Å². The lowest BCUT2D eigenvalue weighted by Gasteiger charge is -2.27. The van der Waals surface area contributed by atoms with Gasteiger partial charge in [-0.15, -0.1) is 0 Å². The van der Waals surface area contributed by atoms with E-state index in [1.165, 1.54) is 0 Å². The Balaban J connectivity index is 1.96. The van der Waals surface area contributed by atoms with E-state index in [4.69, 9.17) is 0 Å². The van der Waals surface area contributed by atoms with Crippen molar-refractivity contribution in [1.82, 2.24) is 4.98 Å². The number of aliphatic imine (C=N–C) groups is 1. The van der Waals surface area contributed by atoms with E-state index in [9.17, 15) is 18.3 Å². The highest BCUT2D eigenvalue weighted by Crippen LogP contribution is 2.37. The maximum atomic E-state index is 13.7. The molecule has 0 aliphatic rings. The van der Waals surface area contributed by atoms with E-state index >= 15 is 0 Å². The number of hydrogen-bond donors (Lipinski definition) is 1. The van der Waals surface area contributed by atoms with Gasteiger partial charge in [-0.05, 0) is 42.3 Å². The van der Waals surface area contributed by atoms with Crippen molar-refractivity contribution in [3.63, 3.8) is 0 Å². The van der Waals surface area contributed by atoms with E-state index < -0.39 is 18.2 Å². The molecule has 0 aliphatic heterocycles. The van der Waals surface area contributed by atoms with E-state index in [0.29, 0.717) is 28.4 Å². The van der Waals surface area contributed by atoms with E-state index in [0.717, 1.165) is 5.69 Å². The van der Waals surface area contributed by atoms with Gasteiger partial charge in [0, 0.05) is 23.7 Å². The van der Waals surface area contributed by atoms with Crippen molar-refractivity contribution in [1.29, 1.82) is 0 Å². The summed E-state index contributed by atoms with van der Waals surface area (Å²) < 4.78 is 41.0. The highest BCUT2D eigenvalue weighted by atomic mass is 19.4. The molecule has 0 aliphatic carbocycles. The zero-order valence-corrected chi connectivity index (χ0v) is 15.2. The molecule has 1 unspecified atom stereocenters. The number of pyridine rings is 1. The van der Waals surface area contributed by atoms with Gasteiger partial charge in [0.2, 0.25) is 0 Å². The lowest BCUT2D eigenvalue weighted by Crippen LogP contribution is -2.46. The van der Waals surface area contributed by atoms with E-state index in [1.807, 2.05) is 6.92 Å². The minimum absolute atomic E-state index is 0.169. The molecule has 6 heteroatoms. The fourth-order valence-electron chi connectivity index (χ4n) is 2.85. The lowest BCUT2D eigenvalue weighted by molar-refractivity contribution is -0.226. The van der Waals surface area contributed by atoms with Crippen LogP contribution in [0.2, 0.25) is 0 Å². The summed E-state index contributed by atoms with van der Waals surface area (Å²) in [5.74, 6) is 0. The van der Waals surface area contributed by atoms with Crippen LogP contribution >= 0.6 is 0 Å². The molecule has 0 spiro atoms. The number of aromatic nitrogens is 1. The molecule has 1 aromatic heterocycles. The second-order valence-corrected chi connectivity index (χ2v) is 6.62. The summed E-state index contributed by atoms with van der Waals surface area (Å²) >= 11 is 0. The predicted molar refractivity (Wildman–Crippen MR) is 106 cm³/mol. The zero-order chi connectivity index (χ0) is 20.4. The fraction of sp³-hybridized carbons (Fsp3) is 0.182. The summed E-state index contributed by atoms with van der Waals surface area (Å²) in [6.07, 6.45) is -5.07. The first-order chi connectivity index (χ1) is 13.2. The number of nitrogens with zero attached hydrogens (tertiary/aromatic N) is 2. The number of hydrogen-bond acceptors (Lipinski definition) is 3. The summed E-state index contributed by atoms with van der Waals surface area (Å²) in [7, 11) is 0. The van der Waals surface area contributed by atoms with Gasteiger partial charge in [-0.25, -0.2) is 0 Å². The van der Waals surface area contributed by atoms with E-state index in [1.54, 1.807) is 60.7 Å². The van der Waals surface area contributed by atoms with E-state index in [-0.39, 0.29) is 5.57 Å². The third kappa shape index (κ3) is 4.12. The van der Waals surface area contributed by atoms with Crippen LogP contribution in [0.15, 0.2) is 72.2 Å². The molecule has 0 bridgehead atoms. The van der Waals surface area contributed by atoms with Crippen molar-refractivity contribution < 1.29 is 18.3 Å². The number of aliphatic hydroxyl groups is 1. The molecule has 2 aromatic carbocycles. The van der Waals surface area contributed by atoms with Crippen LogP contribution in [0, 0.1) is 6.92 Å². The second-order valence-electron chi connectivity index (χ2n) is 6.62. The molecule has 0 amide bonds. The summed E-state index contributed by atoms with van der Waals surface area (Å²) in [5, 5.41) is 11.0. The van der Waals surface area contributed by atoms with Crippen LogP contribution < -0.4 is 0 Å². The number of benzene rings is 2. The topological polar surface area (TPSA) is 45.5 Å². The predicted octanol–water partition coefficient (Wildman–Crippen LogP) is 5.64. The molecule has 1 atom stereocenters. The van der Waals surface area contributed by atoms with Crippen LogP contribution in [-0.4, -0.2) is 28.1 Å². The lowest BCUT2D eigenvalue weighted by atomic mass is 9.91. The maximum absolute atomic E-state index is 13.7. The molecule has 0 fully saturated rings. The van der Waals surface area contributed by atoms with Crippen LogP contribution in [0.3, 0.4) is 0 Å². The molecule has 1 heterocycles. The smallest absolute Gasteiger partial charge is 0.375 e. The number of halogens is 3. The van der Waals surface area contributed by atoms with Crippen molar-refractivity contribution in [2.45, 2.75) is 25.1 Å². The normalized spacial score (nSPS) is 14.3. The van der Waals surface area contributed by atoms with Crippen LogP contribution in [0.1, 0.15) is 17.7 Å². The largest absolute Gasteiger partial charge is 0.422 e. The van der Waals surface area contributed by atoms with Crippen LogP contribution in [-0.2, 0) is 0 Å². The van der Waals surface area contributed by atoms with Crippen molar-refractivity contribution >= 4 is 28.4 Å². The molecular formula is C22H19F3N2O. The molecule has 3 rings (SSSR count). The van der Waals surface area contributed by atoms with Crippen LogP contribution in [0.5, 0.6) is 0 Å². The minimum Gasteiger partial charge on any atom is -0.375 e. The number of rotatable bonds is 5. The van der Waals surface area contributed by atoms with Gasteiger partial charge in [-0.1, -0.05) is 43.0 Å². The maximum Gasteiger partial charge on any atom is 0.422 e. The Morgan fingerprint density at radius 1 is 1.07 bits per heavy atom. The third-order valence-electron chi connectivity index (χ3n) is 4.42. The van der Waals surface area contributed by atoms with Crippen LogP contribution in [0.25, 0.3) is 16.5 Å². The van der Waals surface area contributed by atoms with Gasteiger partial charge in [0.15, 0.2) is 5.60 Å². The average Bonchev–Trinajstić information content (AvgIpc) is 2.65. The standard InChI is InChI=1S/C22H19F3N2O/c1-15(17-7-4-3-5-8-17)13-21(28,22(23,24)25)14-26-19-9-6-10-20-18(19)12-11-16(2)27-20/h3-12,14,28H,1,13H2,2H3. The van der Waals surface area contributed by atoms with Gasteiger partial charge < -0.3 is 5.11 Å². The second kappa shape index (κ2) is 7.56. The Morgan fingerprint density at radius 2 is 1.79 bits per heavy atom. The summed E-state index contributed by atoms with van der Waals surface area (Å²) in [5.41, 5.74) is -0.720. The molecule has 3 aromatic rings. The van der Waals surface area contributed by atoms with Gasteiger partial charge in [0.1, 0.15) is 0 Å². The number of aryl methyl sites for hydroxylation is 1. The van der Waals surface area contributed by atoms with Crippen molar-refractivity contribution in [3.8, 4) is 0 Å². The number of alkyl halides is 3. The Kier molecular flexibility index (Phi) is 5.34. The Hall–Kier alpha value is -2.99. The third-order valence-corrected chi connectivity index (χ3v) is 4.42. The highest BCUT2D eigenvalue weighted by molar-refractivity contribution is 5.92. The molecule has 0 saturated carbocycles. The van der Waals surface area contributed by atoms with Gasteiger partial charge in [-0.2, -0.15) is 13.2 Å². The van der Waals surface area contributed by atoms with Gasteiger partial charge in [0.25, 0.3) is 0 Å². The van der Waals surface area contributed by atoms with Gasteiger partial charge in [0.05, 0.1) is 11.2 Å². The molecule has 28 heavy (non-hydrogen) atoms. The van der Waals surface area contributed by atoms with Crippen molar-refractivity contribution in [2.24, 2.45) is 4.99 Å². The molecule has 1 N–H and O–H groups in total. The molecular weight excluding hydrogens is 365 g/mol. The first-order valence-corrected chi connectivity index (χ1v) is 8.63.